The first kappa shape index (κ1) is 20.6. The third-order valence-corrected chi connectivity index (χ3v) is 4.84. The van der Waals surface area contributed by atoms with Gasteiger partial charge in [-0.3, -0.25) is 0 Å². The fraction of sp³-hybridized carbons (Fsp3) is 0.842. The second-order valence-corrected chi connectivity index (χ2v) is 7.72. The third kappa shape index (κ3) is 7.75. The van der Waals surface area contributed by atoms with E-state index in [1.54, 1.807) is 6.92 Å². The summed E-state index contributed by atoms with van der Waals surface area (Å²) < 4.78 is 5.04. The van der Waals surface area contributed by atoms with Crippen molar-refractivity contribution in [3.05, 3.63) is 11.6 Å². The van der Waals surface area contributed by atoms with Gasteiger partial charge in [-0.1, -0.05) is 77.2 Å². The Morgan fingerprint density at radius 1 is 1.04 bits per heavy atom. The molecule has 1 saturated heterocycles. The van der Waals surface area contributed by atoms with E-state index in [1.807, 2.05) is 6.08 Å². The van der Waals surface area contributed by atoms with E-state index in [-0.39, 0.29) is 0 Å². The second kappa shape index (κ2) is 11.1. The van der Waals surface area contributed by atoms with Crippen molar-refractivity contribution in [3.63, 3.8) is 0 Å². The lowest BCUT2D eigenvalue weighted by atomic mass is 10.0. The first-order valence-electron chi connectivity index (χ1n) is 9.33. The summed E-state index contributed by atoms with van der Waals surface area (Å²) in [5, 5.41) is 9.97. The maximum absolute atomic E-state index is 11.6. The molecule has 0 aromatic heterocycles. The average Bonchev–Trinajstić information content (AvgIpc) is 2.69. The zero-order chi connectivity index (χ0) is 17.1. The maximum atomic E-state index is 11.6. The van der Waals surface area contributed by atoms with Crippen molar-refractivity contribution in [3.8, 4) is 0 Å². The van der Waals surface area contributed by atoms with Crippen molar-refractivity contribution in [2.45, 2.75) is 102 Å². The zero-order valence-corrected chi connectivity index (χ0v) is 15.7. The molecule has 0 saturated carbocycles. The normalized spacial score (nSPS) is 26.0. The number of hydrogen-bond acceptors (Lipinski definition) is 4. The molecule has 1 aliphatic rings. The topological polar surface area (TPSA) is 46.5 Å². The van der Waals surface area contributed by atoms with Crippen molar-refractivity contribution in [1.29, 1.82) is 0 Å². The first-order chi connectivity index (χ1) is 11.0. The number of carbonyl (C=O) groups is 1. The Morgan fingerprint density at radius 3 is 1.96 bits per heavy atom. The van der Waals surface area contributed by atoms with E-state index in [9.17, 15) is 9.90 Å². The molecule has 1 unspecified atom stereocenters. The average molecular weight is 343 g/mol. The van der Waals surface area contributed by atoms with Crippen LogP contribution in [-0.2, 0) is 9.53 Å². The van der Waals surface area contributed by atoms with Gasteiger partial charge in [-0.2, -0.15) is 0 Å². The van der Waals surface area contributed by atoms with Crippen LogP contribution in [0, 0.1) is 0 Å². The van der Waals surface area contributed by atoms with Crippen LogP contribution in [-0.4, -0.2) is 22.1 Å². The minimum absolute atomic E-state index is 0.370. The number of aliphatic hydroxyl groups is 1. The lowest BCUT2D eigenvalue weighted by Gasteiger charge is -2.18. The zero-order valence-electron chi connectivity index (χ0n) is 14.9. The summed E-state index contributed by atoms with van der Waals surface area (Å²) in [5.74, 6) is -0.432. The quantitative estimate of drug-likeness (QED) is 0.222. The Morgan fingerprint density at radius 2 is 1.52 bits per heavy atom. The number of esters is 1. The monoisotopic (exact) mass is 342 g/mol. The summed E-state index contributed by atoms with van der Waals surface area (Å²) in [6.45, 7) is 3.87. The fourth-order valence-corrected chi connectivity index (χ4v) is 3.19. The van der Waals surface area contributed by atoms with Crippen LogP contribution < -0.4 is 0 Å². The van der Waals surface area contributed by atoms with Crippen molar-refractivity contribution >= 4 is 18.6 Å². The van der Waals surface area contributed by atoms with Gasteiger partial charge in [0.1, 0.15) is 6.10 Å². The SMILES string of the molecule is CCCCCCCCCCCCC/C=C1/C(=O)OC(C)(S)[C@H]1O. The van der Waals surface area contributed by atoms with Crippen molar-refractivity contribution in [2.24, 2.45) is 0 Å². The highest BCUT2D eigenvalue weighted by atomic mass is 32.1. The van der Waals surface area contributed by atoms with Gasteiger partial charge < -0.3 is 9.84 Å². The summed E-state index contributed by atoms with van der Waals surface area (Å²) >= 11 is 4.17. The molecule has 0 aromatic rings. The smallest absolute Gasteiger partial charge is 0.338 e. The molecule has 2 atom stereocenters. The van der Waals surface area contributed by atoms with Crippen molar-refractivity contribution < 1.29 is 14.6 Å². The number of thiol groups is 1. The number of allylic oxidation sites excluding steroid dienone is 1. The molecule has 0 aliphatic carbocycles. The van der Waals surface area contributed by atoms with Crippen LogP contribution in [0.25, 0.3) is 0 Å². The van der Waals surface area contributed by atoms with Crippen LogP contribution in [0.5, 0.6) is 0 Å². The molecule has 1 rings (SSSR count). The van der Waals surface area contributed by atoms with Gasteiger partial charge in [0.25, 0.3) is 0 Å². The molecule has 0 bridgehead atoms. The predicted octanol–water partition coefficient (Wildman–Crippen LogP) is 5.18. The molecule has 3 nitrogen and oxygen atoms in total. The maximum Gasteiger partial charge on any atom is 0.338 e. The van der Waals surface area contributed by atoms with E-state index in [4.69, 9.17) is 4.74 Å². The predicted molar refractivity (Wildman–Crippen MR) is 98.7 cm³/mol. The van der Waals surface area contributed by atoms with Gasteiger partial charge in [0.05, 0.1) is 5.57 Å². The minimum Gasteiger partial charge on any atom is -0.442 e. The standard InChI is InChI=1S/C19H34O3S/c1-3-4-5-6-7-8-9-10-11-12-13-14-15-16-17(20)19(2,23)22-18(16)21/h15,17,20,23H,3-14H2,1-2H3/b16-15+/t17-,19?/m0/s1. The summed E-state index contributed by atoms with van der Waals surface area (Å²) in [4.78, 5) is 10.6. The molecule has 0 radical (unpaired) electrons. The van der Waals surface area contributed by atoms with E-state index in [2.05, 4.69) is 19.6 Å². The molecule has 0 amide bonds. The van der Waals surface area contributed by atoms with Crippen molar-refractivity contribution in [2.75, 3.05) is 0 Å². The first-order valence-corrected chi connectivity index (χ1v) is 9.77. The van der Waals surface area contributed by atoms with Crippen LogP contribution in [0.4, 0.5) is 0 Å². The molecule has 134 valence electrons. The van der Waals surface area contributed by atoms with E-state index < -0.39 is 17.0 Å². The number of ether oxygens (including phenoxy) is 1. The Hall–Kier alpha value is -0.480. The van der Waals surface area contributed by atoms with E-state index in [0.29, 0.717) is 5.57 Å². The van der Waals surface area contributed by atoms with E-state index in [1.165, 1.54) is 64.2 Å². The molecule has 0 aromatic carbocycles. The number of cyclic esters (lactones) is 1. The number of carbonyl (C=O) groups excluding carboxylic acids is 1. The molecule has 1 heterocycles. The van der Waals surface area contributed by atoms with E-state index >= 15 is 0 Å². The minimum atomic E-state index is -1.08. The Labute approximate surface area is 147 Å². The summed E-state index contributed by atoms with van der Waals surface area (Å²) in [5.41, 5.74) is 0.370. The van der Waals surface area contributed by atoms with Gasteiger partial charge in [-0.05, 0) is 19.8 Å². The van der Waals surface area contributed by atoms with Gasteiger partial charge in [0.15, 0.2) is 4.93 Å². The van der Waals surface area contributed by atoms with Crippen LogP contribution in [0.1, 0.15) is 90.9 Å². The van der Waals surface area contributed by atoms with Crippen LogP contribution in [0.15, 0.2) is 11.6 Å². The number of rotatable bonds is 12. The van der Waals surface area contributed by atoms with E-state index in [0.717, 1.165) is 12.8 Å². The molecular formula is C19H34O3S. The molecule has 0 spiro atoms. The molecule has 23 heavy (non-hydrogen) atoms. The number of hydrogen-bond donors (Lipinski definition) is 2. The second-order valence-electron chi connectivity index (χ2n) is 6.83. The van der Waals surface area contributed by atoms with Crippen LogP contribution >= 0.6 is 12.6 Å². The van der Waals surface area contributed by atoms with Crippen LogP contribution in [0.3, 0.4) is 0 Å². The van der Waals surface area contributed by atoms with Gasteiger partial charge in [0.2, 0.25) is 0 Å². The van der Waals surface area contributed by atoms with Gasteiger partial charge >= 0.3 is 5.97 Å². The largest absolute Gasteiger partial charge is 0.442 e. The summed E-state index contributed by atoms with van der Waals surface area (Å²) in [6, 6.07) is 0. The molecule has 1 N–H and O–H groups in total. The van der Waals surface area contributed by atoms with Crippen molar-refractivity contribution in [1.82, 2.24) is 0 Å². The lowest BCUT2D eigenvalue weighted by molar-refractivity contribution is -0.140. The van der Waals surface area contributed by atoms with Crippen LogP contribution in [0.2, 0.25) is 0 Å². The molecule has 1 fully saturated rings. The summed E-state index contributed by atoms with van der Waals surface area (Å²) in [7, 11) is 0. The highest BCUT2D eigenvalue weighted by molar-refractivity contribution is 7.81. The third-order valence-electron chi connectivity index (χ3n) is 4.51. The molecule has 4 heteroatoms. The molecular weight excluding hydrogens is 308 g/mol. The Kier molecular flexibility index (Phi) is 9.96. The Bertz CT molecular complexity index is 377. The van der Waals surface area contributed by atoms with Gasteiger partial charge in [-0.15, -0.1) is 12.6 Å². The van der Waals surface area contributed by atoms with Gasteiger partial charge in [-0.25, -0.2) is 4.79 Å². The van der Waals surface area contributed by atoms with Gasteiger partial charge in [0, 0.05) is 0 Å². The lowest BCUT2D eigenvalue weighted by Crippen LogP contribution is -2.29. The number of aliphatic hydroxyl groups excluding tert-OH is 1. The number of unbranched alkanes of at least 4 members (excludes halogenated alkanes) is 11. The Balaban J connectivity index is 1.99. The highest BCUT2D eigenvalue weighted by Crippen LogP contribution is 2.34. The molecule has 1 aliphatic heterocycles. The summed E-state index contributed by atoms with van der Waals surface area (Å²) in [6.07, 6.45) is 16.1. The highest BCUT2D eigenvalue weighted by Gasteiger charge is 2.45. The fourth-order valence-electron chi connectivity index (χ4n) is 2.96.